The largest absolute Gasteiger partial charge is 0.464 e. The maximum absolute atomic E-state index is 13.5. The molecule has 0 bridgehead atoms. The minimum atomic E-state index is -2.37. The highest BCUT2D eigenvalue weighted by atomic mass is 19.2. The Bertz CT molecular complexity index is 604. The molecular weight excluding hydrogens is 325 g/mol. The molecule has 0 aliphatic rings. The van der Waals surface area contributed by atoms with Gasteiger partial charge in [0.25, 0.3) is 5.91 Å². The maximum Gasteiger partial charge on any atom is 0.325 e. The number of esters is 1. The van der Waals surface area contributed by atoms with E-state index in [0.717, 1.165) is 7.05 Å². The molecule has 0 fully saturated rings. The first kappa shape index (κ1) is 18.9. The van der Waals surface area contributed by atoms with E-state index in [-0.39, 0.29) is 12.5 Å². The van der Waals surface area contributed by atoms with Gasteiger partial charge in [-0.15, -0.1) is 0 Å². The first-order chi connectivity index (χ1) is 10.6. The molecule has 0 N–H and O–H groups in total. The second-order valence-corrected chi connectivity index (χ2v) is 5.18. The lowest BCUT2D eigenvalue weighted by atomic mass is 10.1. The van der Waals surface area contributed by atoms with Crippen LogP contribution in [-0.4, -0.2) is 37.0 Å². The lowest BCUT2D eigenvalue weighted by Gasteiger charge is -2.18. The Labute approximate surface area is 128 Å². The zero-order chi connectivity index (χ0) is 17.9. The predicted molar refractivity (Wildman–Crippen MR) is 69.0 cm³/mol. The second kappa shape index (κ2) is 7.38. The van der Waals surface area contributed by atoms with E-state index in [0.29, 0.717) is 4.90 Å². The molecule has 0 saturated carbocycles. The summed E-state index contributed by atoms with van der Waals surface area (Å²) in [5.74, 6) is -13.7. The van der Waals surface area contributed by atoms with Gasteiger partial charge in [0.2, 0.25) is 5.82 Å². The molecule has 0 heterocycles. The molecule has 0 aliphatic carbocycles. The summed E-state index contributed by atoms with van der Waals surface area (Å²) in [5.41, 5.74) is -1.62. The van der Waals surface area contributed by atoms with Gasteiger partial charge in [-0.2, -0.15) is 0 Å². The van der Waals surface area contributed by atoms with E-state index in [2.05, 4.69) is 0 Å². The van der Waals surface area contributed by atoms with E-state index in [1.165, 1.54) is 0 Å². The van der Waals surface area contributed by atoms with Crippen molar-refractivity contribution in [3.63, 3.8) is 0 Å². The van der Waals surface area contributed by atoms with Crippen molar-refractivity contribution < 1.29 is 36.3 Å². The lowest BCUT2D eigenvalue weighted by Crippen LogP contribution is -2.35. The summed E-state index contributed by atoms with van der Waals surface area (Å²) in [4.78, 5) is 23.8. The van der Waals surface area contributed by atoms with Gasteiger partial charge < -0.3 is 9.64 Å². The Balaban J connectivity index is 3.00. The first-order valence-corrected chi connectivity index (χ1v) is 6.50. The maximum atomic E-state index is 13.5. The number of hydrogen-bond acceptors (Lipinski definition) is 3. The number of likely N-dealkylation sites (N-methyl/N-ethyl adjacent to an activating group) is 1. The predicted octanol–water partition coefficient (Wildman–Crippen LogP) is 2.65. The number of rotatable bonds is 5. The van der Waals surface area contributed by atoms with E-state index in [1.54, 1.807) is 13.8 Å². The van der Waals surface area contributed by atoms with Crippen molar-refractivity contribution in [2.75, 3.05) is 20.2 Å². The summed E-state index contributed by atoms with van der Waals surface area (Å²) < 4.78 is 70.9. The summed E-state index contributed by atoms with van der Waals surface area (Å²) in [7, 11) is 0.969. The molecule has 1 aromatic rings. The van der Waals surface area contributed by atoms with Crippen molar-refractivity contribution in [2.24, 2.45) is 5.92 Å². The van der Waals surface area contributed by atoms with Crippen LogP contribution in [0.15, 0.2) is 0 Å². The van der Waals surface area contributed by atoms with Crippen LogP contribution in [0.4, 0.5) is 22.0 Å². The zero-order valence-corrected chi connectivity index (χ0v) is 12.6. The highest BCUT2D eigenvalue weighted by Gasteiger charge is 2.31. The monoisotopic (exact) mass is 339 g/mol. The van der Waals surface area contributed by atoms with Crippen LogP contribution in [0.5, 0.6) is 0 Å². The fraction of sp³-hybridized carbons (Fsp3) is 0.429. The molecule has 9 heteroatoms. The van der Waals surface area contributed by atoms with Crippen LogP contribution in [0.1, 0.15) is 24.2 Å². The van der Waals surface area contributed by atoms with Gasteiger partial charge in [-0.1, -0.05) is 13.8 Å². The molecule has 0 saturated heterocycles. The van der Waals surface area contributed by atoms with Gasteiger partial charge in [-0.25, -0.2) is 22.0 Å². The molecule has 1 aromatic carbocycles. The van der Waals surface area contributed by atoms with Crippen LogP contribution in [0.2, 0.25) is 0 Å². The van der Waals surface area contributed by atoms with E-state index in [4.69, 9.17) is 4.74 Å². The number of carbonyl (C=O) groups is 2. The Morgan fingerprint density at radius 2 is 1.39 bits per heavy atom. The van der Waals surface area contributed by atoms with Crippen molar-refractivity contribution in [1.82, 2.24) is 4.90 Å². The van der Waals surface area contributed by atoms with Gasteiger partial charge in [-0.05, 0) is 5.92 Å². The van der Waals surface area contributed by atoms with Gasteiger partial charge in [0.05, 0.1) is 6.61 Å². The van der Waals surface area contributed by atoms with Gasteiger partial charge in [0.15, 0.2) is 23.3 Å². The number of carbonyl (C=O) groups excluding carboxylic acids is 2. The van der Waals surface area contributed by atoms with Crippen LogP contribution >= 0.6 is 0 Å². The Kier molecular flexibility index (Phi) is 6.05. The summed E-state index contributed by atoms with van der Waals surface area (Å²) >= 11 is 0. The third-order valence-electron chi connectivity index (χ3n) is 2.71. The SMILES string of the molecule is CC(C)COC(=O)CN(C)C(=O)c1c(F)c(F)c(F)c(F)c1F. The van der Waals surface area contributed by atoms with Crippen LogP contribution < -0.4 is 0 Å². The van der Waals surface area contributed by atoms with Gasteiger partial charge in [-0.3, -0.25) is 9.59 Å². The van der Waals surface area contributed by atoms with E-state index >= 15 is 0 Å². The third kappa shape index (κ3) is 4.17. The number of hydrogen-bond donors (Lipinski definition) is 0. The Hall–Kier alpha value is -2.19. The standard InChI is InChI=1S/C14H14F5NO3/c1-6(2)5-23-7(21)4-20(3)14(22)8-9(15)11(17)13(19)12(18)10(8)16/h6H,4-5H2,1-3H3. The van der Waals surface area contributed by atoms with Gasteiger partial charge in [0, 0.05) is 7.05 Å². The number of benzene rings is 1. The molecule has 1 rings (SSSR count). The van der Waals surface area contributed by atoms with E-state index in [9.17, 15) is 31.5 Å². The topological polar surface area (TPSA) is 46.6 Å². The highest BCUT2D eigenvalue weighted by molar-refractivity contribution is 5.96. The summed E-state index contributed by atoms with van der Waals surface area (Å²) in [6, 6.07) is 0. The van der Waals surface area contributed by atoms with Crippen LogP contribution in [-0.2, 0) is 9.53 Å². The Morgan fingerprint density at radius 1 is 0.957 bits per heavy atom. The van der Waals surface area contributed by atoms with Crippen molar-refractivity contribution in [3.05, 3.63) is 34.6 Å². The highest BCUT2D eigenvalue weighted by Crippen LogP contribution is 2.23. The van der Waals surface area contributed by atoms with E-state index < -0.39 is 53.1 Å². The fourth-order valence-corrected chi connectivity index (χ4v) is 1.55. The molecule has 23 heavy (non-hydrogen) atoms. The Morgan fingerprint density at radius 3 is 1.83 bits per heavy atom. The number of amides is 1. The van der Waals surface area contributed by atoms with Gasteiger partial charge in [0.1, 0.15) is 12.1 Å². The minimum absolute atomic E-state index is 0.0233. The average molecular weight is 339 g/mol. The fourth-order valence-electron chi connectivity index (χ4n) is 1.55. The summed E-state index contributed by atoms with van der Waals surface area (Å²) in [6.45, 7) is 2.88. The molecule has 0 aliphatic heterocycles. The molecule has 0 radical (unpaired) electrons. The van der Waals surface area contributed by atoms with Crippen LogP contribution in [0, 0.1) is 35.0 Å². The van der Waals surface area contributed by atoms with E-state index in [1.807, 2.05) is 0 Å². The van der Waals surface area contributed by atoms with Gasteiger partial charge >= 0.3 is 5.97 Å². The molecule has 4 nitrogen and oxygen atoms in total. The molecule has 0 atom stereocenters. The molecular formula is C14H14F5NO3. The van der Waals surface area contributed by atoms with Crippen molar-refractivity contribution in [1.29, 1.82) is 0 Å². The van der Waals surface area contributed by atoms with Crippen molar-refractivity contribution in [2.45, 2.75) is 13.8 Å². The summed E-state index contributed by atoms with van der Waals surface area (Å²) in [5, 5.41) is 0. The van der Waals surface area contributed by atoms with Crippen LogP contribution in [0.25, 0.3) is 0 Å². The number of halogens is 5. The molecule has 1 amide bonds. The smallest absolute Gasteiger partial charge is 0.325 e. The van der Waals surface area contributed by atoms with Crippen LogP contribution in [0.3, 0.4) is 0 Å². The molecule has 128 valence electrons. The lowest BCUT2D eigenvalue weighted by molar-refractivity contribution is -0.145. The molecule has 0 aromatic heterocycles. The number of nitrogens with zero attached hydrogens (tertiary/aromatic N) is 1. The molecule has 0 spiro atoms. The molecule has 0 unspecified atom stereocenters. The first-order valence-electron chi connectivity index (χ1n) is 6.50. The average Bonchev–Trinajstić information content (AvgIpc) is 2.49. The van der Waals surface area contributed by atoms with Crippen molar-refractivity contribution >= 4 is 11.9 Å². The zero-order valence-electron chi connectivity index (χ0n) is 12.6. The quantitative estimate of drug-likeness (QED) is 0.359. The third-order valence-corrected chi connectivity index (χ3v) is 2.71. The van der Waals surface area contributed by atoms with Crippen molar-refractivity contribution in [3.8, 4) is 0 Å². The summed E-state index contributed by atoms with van der Waals surface area (Å²) in [6.07, 6.45) is 0. The number of ether oxygens (including phenoxy) is 1. The minimum Gasteiger partial charge on any atom is -0.464 e. The second-order valence-electron chi connectivity index (χ2n) is 5.18. The normalized spacial score (nSPS) is 10.8.